The van der Waals surface area contributed by atoms with Gasteiger partial charge in [-0.1, -0.05) is 23.9 Å². The van der Waals surface area contributed by atoms with E-state index in [-0.39, 0.29) is 22.9 Å². The van der Waals surface area contributed by atoms with Gasteiger partial charge in [-0.25, -0.2) is 4.39 Å². The zero-order valence-electron chi connectivity index (χ0n) is 17.1. The molecule has 0 spiro atoms. The standard InChI is InChI=1S/C20H19FN6O4S/c1-12(22-19(29)15-5-3-4-6-16(15)21)18-24-25-20(26(18)2)32-11-17(28)23-13-7-9-14(10-8-13)27(30)31/h3-10,12H,11H2,1-2H3,(H,22,29)(H,23,28)/t12-/m0/s1. The summed E-state index contributed by atoms with van der Waals surface area (Å²) in [5.74, 6) is -1.05. The van der Waals surface area contributed by atoms with Crippen molar-refractivity contribution >= 4 is 35.0 Å². The first kappa shape index (κ1) is 22.9. The van der Waals surface area contributed by atoms with Crippen LogP contribution in [0.3, 0.4) is 0 Å². The summed E-state index contributed by atoms with van der Waals surface area (Å²) in [6, 6.07) is 10.6. The second kappa shape index (κ2) is 10.0. The lowest BCUT2D eigenvalue weighted by molar-refractivity contribution is -0.384. The number of benzene rings is 2. The molecule has 3 rings (SSSR count). The zero-order valence-corrected chi connectivity index (χ0v) is 17.9. The van der Waals surface area contributed by atoms with Crippen LogP contribution < -0.4 is 10.6 Å². The Morgan fingerprint density at radius 1 is 1.19 bits per heavy atom. The minimum Gasteiger partial charge on any atom is -0.342 e. The molecule has 0 aliphatic heterocycles. The second-order valence-electron chi connectivity index (χ2n) is 6.72. The van der Waals surface area contributed by atoms with Crippen LogP contribution in [-0.4, -0.2) is 37.3 Å². The summed E-state index contributed by atoms with van der Waals surface area (Å²) in [7, 11) is 1.69. The Labute approximate surface area is 186 Å². The fourth-order valence-corrected chi connectivity index (χ4v) is 3.52. The van der Waals surface area contributed by atoms with Crippen LogP contribution in [0.4, 0.5) is 15.8 Å². The van der Waals surface area contributed by atoms with Crippen LogP contribution in [0.2, 0.25) is 0 Å². The van der Waals surface area contributed by atoms with Crippen molar-refractivity contribution in [3.05, 3.63) is 75.9 Å². The number of hydrogen-bond donors (Lipinski definition) is 2. The van der Waals surface area contributed by atoms with Crippen molar-refractivity contribution < 1.29 is 18.9 Å². The zero-order chi connectivity index (χ0) is 23.3. The molecule has 0 aliphatic rings. The number of anilines is 1. The number of rotatable bonds is 8. The van der Waals surface area contributed by atoms with Gasteiger partial charge in [0.1, 0.15) is 5.82 Å². The topological polar surface area (TPSA) is 132 Å². The monoisotopic (exact) mass is 458 g/mol. The lowest BCUT2D eigenvalue weighted by Gasteiger charge is -2.14. The minimum absolute atomic E-state index is 0.0267. The number of aromatic nitrogens is 3. The van der Waals surface area contributed by atoms with Crippen LogP contribution in [0.1, 0.15) is 29.1 Å². The molecule has 166 valence electrons. The van der Waals surface area contributed by atoms with Crippen molar-refractivity contribution in [1.82, 2.24) is 20.1 Å². The van der Waals surface area contributed by atoms with Gasteiger partial charge in [-0.15, -0.1) is 10.2 Å². The molecular weight excluding hydrogens is 439 g/mol. The van der Waals surface area contributed by atoms with Gasteiger partial charge < -0.3 is 15.2 Å². The van der Waals surface area contributed by atoms with Gasteiger partial charge in [0.05, 0.1) is 22.3 Å². The highest BCUT2D eigenvalue weighted by Gasteiger charge is 2.20. The van der Waals surface area contributed by atoms with Gasteiger partial charge in [0.25, 0.3) is 11.6 Å². The number of hydrogen-bond acceptors (Lipinski definition) is 7. The van der Waals surface area contributed by atoms with Crippen molar-refractivity contribution in [3.63, 3.8) is 0 Å². The smallest absolute Gasteiger partial charge is 0.269 e. The molecule has 2 aromatic carbocycles. The summed E-state index contributed by atoms with van der Waals surface area (Å²) in [6.07, 6.45) is 0. The number of halogens is 1. The SMILES string of the molecule is C[C@H](NC(=O)c1ccccc1F)c1nnc(SCC(=O)Nc2ccc([N+](=O)[O-])cc2)n1C. The molecule has 12 heteroatoms. The van der Waals surface area contributed by atoms with E-state index in [9.17, 15) is 24.1 Å². The third-order valence-corrected chi connectivity index (χ3v) is 5.44. The number of nitrogens with zero attached hydrogens (tertiary/aromatic N) is 4. The highest BCUT2D eigenvalue weighted by atomic mass is 32.2. The van der Waals surface area contributed by atoms with Crippen LogP contribution in [0, 0.1) is 15.9 Å². The van der Waals surface area contributed by atoms with Crippen LogP contribution >= 0.6 is 11.8 Å². The third-order valence-electron chi connectivity index (χ3n) is 4.42. The van der Waals surface area contributed by atoms with Gasteiger partial charge in [-0.05, 0) is 31.2 Å². The molecule has 1 heterocycles. The largest absolute Gasteiger partial charge is 0.342 e. The number of thioether (sulfide) groups is 1. The van der Waals surface area contributed by atoms with E-state index in [4.69, 9.17) is 0 Å². The molecule has 1 atom stereocenters. The predicted octanol–water partition coefficient (Wildman–Crippen LogP) is 3.08. The van der Waals surface area contributed by atoms with E-state index >= 15 is 0 Å². The molecule has 0 saturated carbocycles. The molecule has 2 N–H and O–H groups in total. The van der Waals surface area contributed by atoms with Crippen molar-refractivity contribution in [2.24, 2.45) is 7.05 Å². The molecule has 3 aromatic rings. The molecule has 0 fully saturated rings. The number of non-ortho nitro benzene ring substituents is 1. The van der Waals surface area contributed by atoms with Gasteiger partial charge in [0, 0.05) is 24.9 Å². The molecule has 1 aromatic heterocycles. The number of nitrogens with one attached hydrogen (secondary N) is 2. The fraction of sp³-hybridized carbons (Fsp3) is 0.200. The Balaban J connectivity index is 1.57. The van der Waals surface area contributed by atoms with Gasteiger partial charge >= 0.3 is 0 Å². The summed E-state index contributed by atoms with van der Waals surface area (Å²) in [4.78, 5) is 34.6. The molecule has 10 nitrogen and oxygen atoms in total. The maximum atomic E-state index is 13.8. The highest BCUT2D eigenvalue weighted by molar-refractivity contribution is 7.99. The van der Waals surface area contributed by atoms with Gasteiger partial charge in [0.2, 0.25) is 5.91 Å². The lowest BCUT2D eigenvalue weighted by atomic mass is 10.2. The molecule has 0 bridgehead atoms. The summed E-state index contributed by atoms with van der Waals surface area (Å²) in [6.45, 7) is 1.69. The number of nitro benzene ring substituents is 1. The Morgan fingerprint density at radius 3 is 2.53 bits per heavy atom. The first-order valence-electron chi connectivity index (χ1n) is 9.38. The maximum absolute atomic E-state index is 13.8. The summed E-state index contributed by atoms with van der Waals surface area (Å²) < 4.78 is 15.4. The highest BCUT2D eigenvalue weighted by Crippen LogP contribution is 2.21. The van der Waals surface area contributed by atoms with E-state index in [0.717, 1.165) is 11.8 Å². The van der Waals surface area contributed by atoms with Gasteiger partial charge in [-0.2, -0.15) is 0 Å². The normalized spacial score (nSPS) is 11.6. The minimum atomic E-state index is -0.620. The molecule has 32 heavy (non-hydrogen) atoms. The molecule has 2 amide bonds. The van der Waals surface area contributed by atoms with Crippen molar-refractivity contribution in [2.75, 3.05) is 11.1 Å². The molecule has 0 unspecified atom stereocenters. The van der Waals surface area contributed by atoms with Gasteiger partial charge in [0.15, 0.2) is 11.0 Å². The first-order valence-corrected chi connectivity index (χ1v) is 10.4. The number of nitro groups is 1. The van der Waals surface area contributed by atoms with E-state index in [1.54, 1.807) is 24.6 Å². The van der Waals surface area contributed by atoms with Crippen LogP contribution in [0.5, 0.6) is 0 Å². The van der Waals surface area contributed by atoms with E-state index in [0.29, 0.717) is 16.7 Å². The van der Waals surface area contributed by atoms with E-state index < -0.39 is 22.7 Å². The number of carbonyl (C=O) groups excluding carboxylic acids is 2. The number of amides is 2. The molecule has 0 aliphatic carbocycles. The van der Waals surface area contributed by atoms with E-state index in [1.165, 1.54) is 42.5 Å². The summed E-state index contributed by atoms with van der Waals surface area (Å²) in [5.41, 5.74) is 0.295. The second-order valence-corrected chi connectivity index (χ2v) is 7.66. The Morgan fingerprint density at radius 2 is 1.88 bits per heavy atom. The Kier molecular flexibility index (Phi) is 7.15. The maximum Gasteiger partial charge on any atom is 0.269 e. The predicted molar refractivity (Wildman–Crippen MR) is 116 cm³/mol. The molecule has 0 saturated heterocycles. The van der Waals surface area contributed by atoms with Crippen LogP contribution in [0.25, 0.3) is 0 Å². The summed E-state index contributed by atoms with van der Waals surface area (Å²) >= 11 is 1.13. The quantitative estimate of drug-likeness (QED) is 0.301. The van der Waals surface area contributed by atoms with E-state index in [2.05, 4.69) is 20.8 Å². The average Bonchev–Trinajstić information content (AvgIpc) is 3.13. The van der Waals surface area contributed by atoms with Crippen LogP contribution in [0.15, 0.2) is 53.7 Å². The van der Waals surface area contributed by atoms with Crippen molar-refractivity contribution in [2.45, 2.75) is 18.1 Å². The van der Waals surface area contributed by atoms with Crippen molar-refractivity contribution in [3.8, 4) is 0 Å². The van der Waals surface area contributed by atoms with Crippen molar-refractivity contribution in [1.29, 1.82) is 0 Å². The molecular formula is C20H19FN6O4S. The van der Waals surface area contributed by atoms with Gasteiger partial charge in [-0.3, -0.25) is 19.7 Å². The Hall–Kier alpha value is -3.80. The van der Waals surface area contributed by atoms with Crippen LogP contribution in [-0.2, 0) is 11.8 Å². The number of carbonyl (C=O) groups is 2. The van der Waals surface area contributed by atoms with E-state index in [1.807, 2.05) is 0 Å². The lowest BCUT2D eigenvalue weighted by Crippen LogP contribution is -2.29. The fourth-order valence-electron chi connectivity index (χ4n) is 2.81. The first-order chi connectivity index (χ1) is 15.3. The summed E-state index contributed by atoms with van der Waals surface area (Å²) in [5, 5.41) is 24.6. The third kappa shape index (κ3) is 5.46. The average molecular weight is 458 g/mol. The molecule has 0 radical (unpaired) electrons. The Bertz CT molecular complexity index is 1150.